The molecule has 0 aromatic carbocycles. The molecular weight excluding hydrogens is 198 g/mol. The minimum absolute atomic E-state index is 0.570. The van der Waals surface area contributed by atoms with E-state index in [1.54, 1.807) is 0 Å². The fraction of sp³-hybridized carbons (Fsp3) is 1.00. The van der Waals surface area contributed by atoms with Gasteiger partial charge in [0.05, 0.1) is 6.10 Å². The Labute approximate surface area is 100 Å². The van der Waals surface area contributed by atoms with E-state index in [9.17, 15) is 0 Å². The Hall–Kier alpha value is -0.0800. The molecule has 2 aliphatic rings. The van der Waals surface area contributed by atoms with Crippen molar-refractivity contribution in [2.75, 3.05) is 13.2 Å². The molecule has 1 saturated carbocycles. The summed E-state index contributed by atoms with van der Waals surface area (Å²) in [5.74, 6) is 0.884. The monoisotopic (exact) mass is 225 g/mol. The van der Waals surface area contributed by atoms with Crippen molar-refractivity contribution in [1.82, 2.24) is 5.32 Å². The van der Waals surface area contributed by atoms with Crippen LogP contribution in [0.4, 0.5) is 0 Å². The van der Waals surface area contributed by atoms with Crippen LogP contribution in [0.25, 0.3) is 0 Å². The molecule has 0 amide bonds. The van der Waals surface area contributed by atoms with Crippen LogP contribution in [0.2, 0.25) is 0 Å². The van der Waals surface area contributed by atoms with Crippen LogP contribution in [-0.4, -0.2) is 25.3 Å². The molecule has 1 aliphatic heterocycles. The predicted octanol–water partition coefficient (Wildman–Crippen LogP) is 3.11. The third-order valence-electron chi connectivity index (χ3n) is 4.10. The molecule has 2 fully saturated rings. The molecule has 3 unspecified atom stereocenters. The summed E-state index contributed by atoms with van der Waals surface area (Å²) in [7, 11) is 0. The highest BCUT2D eigenvalue weighted by atomic mass is 16.5. The summed E-state index contributed by atoms with van der Waals surface area (Å²) < 4.78 is 5.99. The first kappa shape index (κ1) is 12.4. The molecule has 0 aromatic rings. The zero-order chi connectivity index (χ0) is 11.2. The quantitative estimate of drug-likeness (QED) is 0.726. The van der Waals surface area contributed by atoms with Gasteiger partial charge in [0.15, 0.2) is 0 Å². The van der Waals surface area contributed by atoms with Gasteiger partial charge in [-0.05, 0) is 51.0 Å². The molecule has 0 radical (unpaired) electrons. The lowest BCUT2D eigenvalue weighted by atomic mass is 9.89. The third-order valence-corrected chi connectivity index (χ3v) is 4.10. The van der Waals surface area contributed by atoms with Crippen molar-refractivity contribution in [2.45, 2.75) is 70.4 Å². The number of hydrogen-bond donors (Lipinski definition) is 1. The average molecular weight is 225 g/mol. The molecule has 3 atom stereocenters. The summed E-state index contributed by atoms with van der Waals surface area (Å²) in [6.07, 6.45) is 11.2. The Morgan fingerprint density at radius 2 is 2.12 bits per heavy atom. The lowest BCUT2D eigenvalue weighted by molar-refractivity contribution is 0.0132. The Bertz CT molecular complexity index is 189. The second kappa shape index (κ2) is 6.61. The second-order valence-electron chi connectivity index (χ2n) is 5.70. The third kappa shape index (κ3) is 4.06. The van der Waals surface area contributed by atoms with Crippen LogP contribution in [0, 0.1) is 5.92 Å². The van der Waals surface area contributed by atoms with Gasteiger partial charge in [-0.2, -0.15) is 0 Å². The van der Waals surface area contributed by atoms with Crippen LogP contribution in [0.1, 0.15) is 58.3 Å². The van der Waals surface area contributed by atoms with Crippen molar-refractivity contribution in [2.24, 2.45) is 5.92 Å². The summed E-state index contributed by atoms with van der Waals surface area (Å²) in [6, 6.07) is 0.786. The highest BCUT2D eigenvalue weighted by Gasteiger charge is 2.19. The van der Waals surface area contributed by atoms with Crippen molar-refractivity contribution in [1.29, 1.82) is 0 Å². The molecule has 16 heavy (non-hydrogen) atoms. The van der Waals surface area contributed by atoms with Crippen LogP contribution in [-0.2, 0) is 4.74 Å². The largest absolute Gasteiger partial charge is 0.378 e. The van der Waals surface area contributed by atoms with Gasteiger partial charge in [-0.1, -0.05) is 19.8 Å². The average Bonchev–Trinajstić information content (AvgIpc) is 2.77. The normalized spacial score (nSPS) is 35.4. The molecule has 2 nitrogen and oxygen atoms in total. The van der Waals surface area contributed by atoms with E-state index in [1.165, 1.54) is 57.9 Å². The van der Waals surface area contributed by atoms with Gasteiger partial charge in [0.25, 0.3) is 0 Å². The van der Waals surface area contributed by atoms with Crippen molar-refractivity contribution in [3.63, 3.8) is 0 Å². The lowest BCUT2D eigenvalue weighted by Crippen LogP contribution is -2.24. The minimum atomic E-state index is 0.570. The maximum absolute atomic E-state index is 5.99. The van der Waals surface area contributed by atoms with Crippen LogP contribution in [0.3, 0.4) is 0 Å². The minimum Gasteiger partial charge on any atom is -0.378 e. The smallest absolute Gasteiger partial charge is 0.0577 e. The highest BCUT2D eigenvalue weighted by molar-refractivity contribution is 4.74. The van der Waals surface area contributed by atoms with E-state index in [1.807, 2.05) is 0 Å². The van der Waals surface area contributed by atoms with Gasteiger partial charge in [-0.25, -0.2) is 0 Å². The van der Waals surface area contributed by atoms with E-state index < -0.39 is 0 Å². The highest BCUT2D eigenvalue weighted by Crippen LogP contribution is 2.25. The molecule has 1 N–H and O–H groups in total. The molecule has 1 aliphatic carbocycles. The van der Waals surface area contributed by atoms with E-state index in [0.29, 0.717) is 6.10 Å². The summed E-state index contributed by atoms with van der Waals surface area (Å²) in [4.78, 5) is 0. The van der Waals surface area contributed by atoms with E-state index in [0.717, 1.165) is 18.6 Å². The van der Waals surface area contributed by atoms with Crippen LogP contribution >= 0.6 is 0 Å². The maximum Gasteiger partial charge on any atom is 0.0577 e. The van der Waals surface area contributed by atoms with Gasteiger partial charge in [0.2, 0.25) is 0 Å². The number of nitrogens with one attached hydrogen (secondary N) is 1. The van der Waals surface area contributed by atoms with Crippen molar-refractivity contribution in [3.05, 3.63) is 0 Å². The van der Waals surface area contributed by atoms with Gasteiger partial charge in [-0.15, -0.1) is 0 Å². The van der Waals surface area contributed by atoms with Gasteiger partial charge >= 0.3 is 0 Å². The lowest BCUT2D eigenvalue weighted by Gasteiger charge is -2.26. The fourth-order valence-corrected chi connectivity index (χ4v) is 3.11. The first-order valence-corrected chi connectivity index (χ1v) is 7.19. The Morgan fingerprint density at radius 3 is 2.88 bits per heavy atom. The van der Waals surface area contributed by atoms with Gasteiger partial charge in [-0.3, -0.25) is 0 Å². The maximum atomic E-state index is 5.99. The zero-order valence-electron chi connectivity index (χ0n) is 10.7. The van der Waals surface area contributed by atoms with Crippen molar-refractivity contribution in [3.8, 4) is 0 Å². The van der Waals surface area contributed by atoms with Crippen molar-refractivity contribution >= 4 is 0 Å². The molecule has 0 aromatic heterocycles. The van der Waals surface area contributed by atoms with E-state index in [2.05, 4.69) is 12.2 Å². The van der Waals surface area contributed by atoms with Crippen LogP contribution < -0.4 is 5.32 Å². The van der Waals surface area contributed by atoms with Crippen molar-refractivity contribution < 1.29 is 4.74 Å². The molecule has 0 spiro atoms. The van der Waals surface area contributed by atoms with Gasteiger partial charge in [0, 0.05) is 12.6 Å². The number of ether oxygens (including phenoxy) is 1. The fourth-order valence-electron chi connectivity index (χ4n) is 3.11. The Morgan fingerprint density at radius 1 is 1.19 bits per heavy atom. The second-order valence-corrected chi connectivity index (χ2v) is 5.70. The Balaban J connectivity index is 1.50. The zero-order valence-corrected chi connectivity index (χ0v) is 10.7. The van der Waals surface area contributed by atoms with Crippen LogP contribution in [0.5, 0.6) is 0 Å². The molecule has 1 saturated heterocycles. The van der Waals surface area contributed by atoms with E-state index in [-0.39, 0.29) is 0 Å². The molecule has 94 valence electrons. The van der Waals surface area contributed by atoms with E-state index >= 15 is 0 Å². The summed E-state index contributed by atoms with van der Waals surface area (Å²) in [5, 5.41) is 3.55. The topological polar surface area (TPSA) is 21.3 Å². The molecular formula is C14H27NO. The summed E-state index contributed by atoms with van der Waals surface area (Å²) in [5.41, 5.74) is 0. The first-order chi connectivity index (χ1) is 7.84. The van der Waals surface area contributed by atoms with E-state index in [4.69, 9.17) is 4.74 Å². The van der Waals surface area contributed by atoms with Gasteiger partial charge < -0.3 is 10.1 Å². The van der Waals surface area contributed by atoms with Gasteiger partial charge in [0.1, 0.15) is 0 Å². The predicted molar refractivity (Wildman–Crippen MR) is 67.6 cm³/mol. The first-order valence-electron chi connectivity index (χ1n) is 7.19. The molecule has 2 heteroatoms. The number of hydrogen-bond acceptors (Lipinski definition) is 2. The molecule has 1 heterocycles. The Kier molecular flexibility index (Phi) is 5.11. The molecule has 0 bridgehead atoms. The standard InChI is InChI=1S/C14H27NO/c1-12-5-2-8-14(11-12)16-10-4-7-13-6-3-9-15-13/h12-15H,2-11H2,1H3. The molecule has 2 rings (SSSR count). The number of rotatable bonds is 5. The summed E-state index contributed by atoms with van der Waals surface area (Å²) in [6.45, 7) is 4.57. The SMILES string of the molecule is CC1CCCC(OCCCC2CCCN2)C1. The van der Waals surface area contributed by atoms with Crippen LogP contribution in [0.15, 0.2) is 0 Å². The summed E-state index contributed by atoms with van der Waals surface area (Å²) >= 11 is 0.